The van der Waals surface area contributed by atoms with E-state index >= 15 is 0 Å². The molecule has 3 rings (SSSR count). The van der Waals surface area contributed by atoms with Gasteiger partial charge in [0.05, 0.1) is 11.3 Å². The van der Waals surface area contributed by atoms with E-state index in [1.165, 1.54) is 6.26 Å². The number of piperazine rings is 1. The smallest absolute Gasteiger partial charge is 0.410 e. The zero-order chi connectivity index (χ0) is 20.7. The van der Waals surface area contributed by atoms with Gasteiger partial charge in [0.1, 0.15) is 5.60 Å². The van der Waals surface area contributed by atoms with Crippen molar-refractivity contribution in [3.8, 4) is 0 Å². The lowest BCUT2D eigenvalue weighted by Crippen LogP contribution is -2.59. The Morgan fingerprint density at radius 1 is 1.18 bits per heavy atom. The molecule has 6 nitrogen and oxygen atoms in total. The summed E-state index contributed by atoms with van der Waals surface area (Å²) in [7, 11) is -3.10. The quantitative estimate of drug-likeness (QED) is 0.740. The molecule has 1 amide bonds. The van der Waals surface area contributed by atoms with Gasteiger partial charge in [0, 0.05) is 37.0 Å². The number of nitrogens with zero attached hydrogens (tertiary/aromatic N) is 2. The monoisotopic (exact) mass is 428 g/mol. The molecule has 2 aliphatic rings. The number of hydrogen-bond acceptors (Lipinski definition) is 5. The minimum atomic E-state index is -3.10. The first-order valence-corrected chi connectivity index (χ1v) is 11.9. The van der Waals surface area contributed by atoms with E-state index in [9.17, 15) is 13.2 Å². The van der Waals surface area contributed by atoms with E-state index in [0.29, 0.717) is 37.5 Å². The molecule has 0 N–H and O–H groups in total. The van der Waals surface area contributed by atoms with Gasteiger partial charge in [-0.2, -0.15) is 0 Å². The lowest BCUT2D eigenvalue weighted by molar-refractivity contribution is -0.00853. The zero-order valence-corrected chi connectivity index (χ0v) is 18.5. The number of amides is 1. The Kier molecular flexibility index (Phi) is 5.99. The number of carbonyl (C=O) groups excluding carboxylic acids is 1. The van der Waals surface area contributed by atoms with Gasteiger partial charge in [-0.1, -0.05) is 23.7 Å². The summed E-state index contributed by atoms with van der Waals surface area (Å²) in [4.78, 5) is 16.9. The Labute approximate surface area is 172 Å². The van der Waals surface area contributed by atoms with Crippen molar-refractivity contribution in [2.45, 2.75) is 56.5 Å². The van der Waals surface area contributed by atoms with E-state index < -0.39 is 15.4 Å². The van der Waals surface area contributed by atoms with Gasteiger partial charge in [0.15, 0.2) is 9.84 Å². The van der Waals surface area contributed by atoms with Crippen LogP contribution in [-0.4, -0.2) is 73.1 Å². The standard InChI is InChI=1S/C20H29ClN2O4S/c1-20(2,3)27-19(24)23-12-16-10-18(28(4,25)26)13-22(16)11-17(23)9-14-5-7-15(21)8-6-14/h5-8,16-18H,9-13H2,1-4H3/t16-,17-,18-/m0/s1. The number of benzene rings is 1. The highest BCUT2D eigenvalue weighted by atomic mass is 35.5. The van der Waals surface area contributed by atoms with Crippen molar-refractivity contribution in [1.82, 2.24) is 9.80 Å². The van der Waals surface area contributed by atoms with Crippen molar-refractivity contribution in [3.63, 3.8) is 0 Å². The second-order valence-corrected chi connectivity index (χ2v) is 11.7. The fourth-order valence-corrected chi connectivity index (χ4v) is 5.18. The Balaban J connectivity index is 1.81. The molecule has 0 unspecified atom stereocenters. The maximum absolute atomic E-state index is 12.9. The van der Waals surface area contributed by atoms with Gasteiger partial charge in [-0.15, -0.1) is 0 Å². The van der Waals surface area contributed by atoms with Gasteiger partial charge < -0.3 is 9.64 Å². The second kappa shape index (κ2) is 7.84. The van der Waals surface area contributed by atoms with Crippen LogP contribution in [0.2, 0.25) is 5.02 Å². The highest BCUT2D eigenvalue weighted by Gasteiger charge is 2.45. The van der Waals surface area contributed by atoms with E-state index in [1.54, 1.807) is 4.90 Å². The molecule has 28 heavy (non-hydrogen) atoms. The third kappa shape index (κ3) is 5.19. The van der Waals surface area contributed by atoms with Gasteiger partial charge in [0.2, 0.25) is 0 Å². The third-order valence-electron chi connectivity index (χ3n) is 5.40. The number of ether oxygens (including phenoxy) is 1. The summed E-state index contributed by atoms with van der Waals surface area (Å²) in [5.41, 5.74) is 0.504. The molecule has 0 radical (unpaired) electrons. The van der Waals surface area contributed by atoms with Crippen LogP contribution in [0.15, 0.2) is 24.3 Å². The first-order valence-electron chi connectivity index (χ1n) is 9.59. The molecule has 0 spiro atoms. The summed E-state index contributed by atoms with van der Waals surface area (Å²) in [6.07, 6.45) is 2.19. The minimum Gasteiger partial charge on any atom is -0.444 e. The molecule has 1 aromatic rings. The second-order valence-electron chi connectivity index (χ2n) is 8.91. The van der Waals surface area contributed by atoms with E-state index in [-0.39, 0.29) is 23.4 Å². The molecule has 2 aliphatic heterocycles. The van der Waals surface area contributed by atoms with Crippen LogP contribution in [0.25, 0.3) is 0 Å². The maximum atomic E-state index is 12.9. The predicted octanol–water partition coefficient (Wildman–Crippen LogP) is 2.99. The molecular weight excluding hydrogens is 400 g/mol. The summed E-state index contributed by atoms with van der Waals surface area (Å²) >= 11 is 5.99. The van der Waals surface area contributed by atoms with Crippen LogP contribution in [0.3, 0.4) is 0 Å². The first-order chi connectivity index (χ1) is 12.9. The van der Waals surface area contributed by atoms with Crippen molar-refractivity contribution in [2.24, 2.45) is 0 Å². The molecule has 0 aliphatic carbocycles. The molecule has 0 bridgehead atoms. The lowest BCUT2D eigenvalue weighted by atomic mass is 10.0. The number of hydrogen-bond donors (Lipinski definition) is 0. The minimum absolute atomic E-state index is 0.0497. The molecular formula is C20H29ClN2O4S. The van der Waals surface area contributed by atoms with E-state index in [0.717, 1.165) is 5.56 Å². The normalized spacial score (nSPS) is 26.2. The lowest BCUT2D eigenvalue weighted by Gasteiger charge is -2.43. The number of halogens is 1. The number of fused-ring (bicyclic) bond motifs is 1. The summed E-state index contributed by atoms with van der Waals surface area (Å²) in [6.45, 7) is 7.21. The van der Waals surface area contributed by atoms with Crippen LogP contribution in [0.4, 0.5) is 4.79 Å². The summed E-state index contributed by atoms with van der Waals surface area (Å²) in [5, 5.41) is 0.305. The topological polar surface area (TPSA) is 66.9 Å². The molecule has 2 heterocycles. The largest absolute Gasteiger partial charge is 0.444 e. The third-order valence-corrected chi connectivity index (χ3v) is 7.21. The van der Waals surface area contributed by atoms with Crippen molar-refractivity contribution >= 4 is 27.5 Å². The Morgan fingerprint density at radius 2 is 1.82 bits per heavy atom. The molecule has 0 saturated carbocycles. The highest BCUT2D eigenvalue weighted by molar-refractivity contribution is 7.91. The SMILES string of the molecule is CC(C)(C)OC(=O)N1C[C@@H]2C[C@H](S(C)(=O)=O)CN2C[C@@H]1Cc1ccc(Cl)cc1. The number of carbonyl (C=O) groups is 1. The summed E-state index contributed by atoms with van der Waals surface area (Å²) in [6, 6.07) is 7.58. The van der Waals surface area contributed by atoms with E-state index in [2.05, 4.69) is 4.90 Å². The Hall–Kier alpha value is -1.31. The molecule has 1 aromatic carbocycles. The van der Waals surface area contributed by atoms with Gasteiger partial charge in [-0.3, -0.25) is 4.90 Å². The molecule has 0 aromatic heterocycles. The summed E-state index contributed by atoms with van der Waals surface area (Å²) in [5.74, 6) is 0. The van der Waals surface area contributed by atoms with Crippen LogP contribution in [0, 0.1) is 0 Å². The fourth-order valence-electron chi connectivity index (χ4n) is 4.02. The van der Waals surface area contributed by atoms with Crippen LogP contribution >= 0.6 is 11.6 Å². The summed E-state index contributed by atoms with van der Waals surface area (Å²) < 4.78 is 29.7. The van der Waals surface area contributed by atoms with Crippen molar-refractivity contribution in [2.75, 3.05) is 25.9 Å². The van der Waals surface area contributed by atoms with E-state index in [4.69, 9.17) is 16.3 Å². The molecule has 3 atom stereocenters. The van der Waals surface area contributed by atoms with Crippen molar-refractivity contribution in [1.29, 1.82) is 0 Å². The average Bonchev–Trinajstić information content (AvgIpc) is 2.98. The van der Waals surface area contributed by atoms with Crippen LogP contribution in [0.5, 0.6) is 0 Å². The number of rotatable bonds is 3. The van der Waals surface area contributed by atoms with Gasteiger partial charge in [0.25, 0.3) is 0 Å². The highest BCUT2D eigenvalue weighted by Crippen LogP contribution is 2.30. The molecule has 8 heteroatoms. The first kappa shape index (κ1) is 21.4. The van der Waals surface area contributed by atoms with Crippen LogP contribution in [-0.2, 0) is 21.0 Å². The number of sulfone groups is 1. The zero-order valence-electron chi connectivity index (χ0n) is 16.9. The molecule has 2 saturated heterocycles. The fraction of sp³-hybridized carbons (Fsp3) is 0.650. The van der Waals surface area contributed by atoms with Gasteiger partial charge in [-0.05, 0) is 51.3 Å². The Morgan fingerprint density at radius 3 is 2.39 bits per heavy atom. The average molecular weight is 429 g/mol. The molecule has 156 valence electrons. The van der Waals surface area contributed by atoms with Gasteiger partial charge in [-0.25, -0.2) is 13.2 Å². The van der Waals surface area contributed by atoms with Crippen molar-refractivity contribution < 1.29 is 17.9 Å². The maximum Gasteiger partial charge on any atom is 0.410 e. The predicted molar refractivity (Wildman–Crippen MR) is 110 cm³/mol. The van der Waals surface area contributed by atoms with E-state index in [1.807, 2.05) is 45.0 Å². The van der Waals surface area contributed by atoms with Gasteiger partial charge >= 0.3 is 6.09 Å². The van der Waals surface area contributed by atoms with Crippen molar-refractivity contribution in [3.05, 3.63) is 34.9 Å². The Bertz CT molecular complexity index is 820. The van der Waals surface area contributed by atoms with Crippen LogP contribution in [0.1, 0.15) is 32.8 Å². The van der Waals surface area contributed by atoms with Crippen LogP contribution < -0.4 is 0 Å². The molecule has 2 fully saturated rings.